The van der Waals surface area contributed by atoms with Crippen LogP contribution in [0, 0.1) is 0 Å². The Balaban J connectivity index is 1.87. The molecule has 1 N–H and O–H groups in total. The Kier molecular flexibility index (Phi) is 2.86. The maximum atomic E-state index is 12.4. The van der Waals surface area contributed by atoms with Gasteiger partial charge >= 0.3 is 0 Å². The summed E-state index contributed by atoms with van der Waals surface area (Å²) in [6.07, 6.45) is 5.63. The fraction of sp³-hybridized carbons (Fsp3) is 0.308. The van der Waals surface area contributed by atoms with Crippen molar-refractivity contribution in [1.29, 1.82) is 0 Å². The van der Waals surface area contributed by atoms with E-state index in [-0.39, 0.29) is 5.91 Å². The number of aromatic nitrogens is 4. The van der Waals surface area contributed by atoms with Crippen molar-refractivity contribution >= 4 is 22.1 Å². The number of hydrogen-bond acceptors (Lipinski definition) is 4. The normalized spacial score (nSPS) is 11.9. The van der Waals surface area contributed by atoms with E-state index in [2.05, 4.69) is 15.6 Å². The van der Waals surface area contributed by atoms with E-state index in [9.17, 15) is 4.79 Å². The summed E-state index contributed by atoms with van der Waals surface area (Å²) in [5, 5.41) is 12.9. The highest BCUT2D eigenvalue weighted by Crippen LogP contribution is 2.22. The third kappa shape index (κ3) is 2.09. The van der Waals surface area contributed by atoms with E-state index in [0.29, 0.717) is 5.56 Å². The molecule has 6 nitrogen and oxygen atoms in total. The van der Waals surface area contributed by atoms with Gasteiger partial charge in [0, 0.05) is 24.8 Å². The lowest BCUT2D eigenvalue weighted by atomic mass is 10.0. The number of fused-ring (bicyclic) bond motifs is 1. The molecular formula is C13H15N5OS. The van der Waals surface area contributed by atoms with Crippen molar-refractivity contribution in [2.75, 3.05) is 0 Å². The van der Waals surface area contributed by atoms with E-state index in [0.717, 1.165) is 10.5 Å². The molecule has 0 atom stereocenters. The second kappa shape index (κ2) is 4.45. The van der Waals surface area contributed by atoms with E-state index in [4.69, 9.17) is 0 Å². The van der Waals surface area contributed by atoms with Crippen molar-refractivity contribution in [3.63, 3.8) is 0 Å². The van der Waals surface area contributed by atoms with Gasteiger partial charge in [0.25, 0.3) is 5.91 Å². The molecule has 7 heteroatoms. The molecule has 0 aliphatic carbocycles. The molecule has 0 unspecified atom stereocenters. The molecule has 3 aromatic heterocycles. The summed E-state index contributed by atoms with van der Waals surface area (Å²) >= 11 is 1.54. The maximum absolute atomic E-state index is 12.4. The smallest absolute Gasteiger partial charge is 0.255 e. The number of carbonyl (C=O) groups excluding carboxylic acids is 1. The predicted octanol–water partition coefficient (Wildman–Crippen LogP) is 1.79. The summed E-state index contributed by atoms with van der Waals surface area (Å²) in [5.74, 6) is -0.106. The van der Waals surface area contributed by atoms with Crippen molar-refractivity contribution in [3.8, 4) is 0 Å². The van der Waals surface area contributed by atoms with Gasteiger partial charge in [0.05, 0.1) is 17.3 Å². The molecule has 20 heavy (non-hydrogen) atoms. The highest BCUT2D eigenvalue weighted by atomic mass is 32.1. The molecule has 3 aromatic rings. The average molecular weight is 289 g/mol. The summed E-state index contributed by atoms with van der Waals surface area (Å²) in [6, 6.07) is 1.83. The van der Waals surface area contributed by atoms with E-state index < -0.39 is 5.54 Å². The Morgan fingerprint density at radius 1 is 1.40 bits per heavy atom. The first kappa shape index (κ1) is 12.9. The number of rotatable bonds is 3. The lowest BCUT2D eigenvalue weighted by molar-refractivity contribution is 0.0912. The lowest BCUT2D eigenvalue weighted by Crippen LogP contribution is -2.41. The molecule has 104 valence electrons. The highest BCUT2D eigenvalue weighted by molar-refractivity contribution is 7.16. The van der Waals surface area contributed by atoms with Crippen LogP contribution in [0.5, 0.6) is 0 Å². The molecule has 0 fully saturated rings. The molecule has 0 spiro atoms. The van der Waals surface area contributed by atoms with Crippen LogP contribution in [0.4, 0.5) is 0 Å². The number of carbonyl (C=O) groups is 1. The molecule has 3 heterocycles. The van der Waals surface area contributed by atoms with E-state index in [1.807, 2.05) is 42.1 Å². The zero-order valence-corrected chi connectivity index (χ0v) is 12.3. The second-order valence-corrected chi connectivity index (χ2v) is 6.10. The van der Waals surface area contributed by atoms with Crippen molar-refractivity contribution < 1.29 is 4.79 Å². The van der Waals surface area contributed by atoms with Crippen molar-refractivity contribution in [3.05, 3.63) is 41.3 Å². The Bertz CT molecular complexity index is 767. The quantitative estimate of drug-likeness (QED) is 0.799. The number of amides is 1. The van der Waals surface area contributed by atoms with Crippen LogP contribution >= 0.6 is 11.3 Å². The Morgan fingerprint density at radius 3 is 2.90 bits per heavy atom. The van der Waals surface area contributed by atoms with Gasteiger partial charge in [-0.05, 0) is 19.9 Å². The van der Waals surface area contributed by atoms with Crippen LogP contribution < -0.4 is 5.32 Å². The van der Waals surface area contributed by atoms with Gasteiger partial charge in [0.15, 0.2) is 0 Å². The molecule has 0 radical (unpaired) electrons. The van der Waals surface area contributed by atoms with Gasteiger partial charge in [-0.3, -0.25) is 9.48 Å². The summed E-state index contributed by atoms with van der Waals surface area (Å²) in [7, 11) is 1.80. The van der Waals surface area contributed by atoms with Gasteiger partial charge in [0.2, 0.25) is 0 Å². The Morgan fingerprint density at radius 2 is 2.20 bits per heavy atom. The average Bonchev–Trinajstić information content (AvgIpc) is 3.01. The van der Waals surface area contributed by atoms with Gasteiger partial charge in [-0.1, -0.05) is 5.21 Å². The van der Waals surface area contributed by atoms with Crippen LogP contribution in [-0.4, -0.2) is 25.3 Å². The van der Waals surface area contributed by atoms with Gasteiger partial charge in [-0.25, -0.2) is 0 Å². The monoisotopic (exact) mass is 289 g/mol. The van der Waals surface area contributed by atoms with Crippen LogP contribution in [0.25, 0.3) is 4.83 Å². The first-order valence-corrected chi connectivity index (χ1v) is 7.09. The summed E-state index contributed by atoms with van der Waals surface area (Å²) in [6.45, 7) is 3.83. The summed E-state index contributed by atoms with van der Waals surface area (Å²) in [5.41, 5.74) is 0.837. The second-order valence-electron chi connectivity index (χ2n) is 5.20. The van der Waals surface area contributed by atoms with Crippen LogP contribution in [0.1, 0.15) is 29.9 Å². The highest BCUT2D eigenvalue weighted by Gasteiger charge is 2.27. The number of thiazole rings is 1. The third-order valence-corrected chi connectivity index (χ3v) is 4.09. The molecule has 0 bridgehead atoms. The molecule has 0 aromatic carbocycles. The largest absolute Gasteiger partial charge is 0.341 e. The summed E-state index contributed by atoms with van der Waals surface area (Å²) in [4.78, 5) is 13.4. The minimum atomic E-state index is -0.573. The molecule has 0 saturated heterocycles. The van der Waals surface area contributed by atoms with Crippen molar-refractivity contribution in [2.45, 2.75) is 19.4 Å². The maximum Gasteiger partial charge on any atom is 0.255 e. The van der Waals surface area contributed by atoms with Gasteiger partial charge < -0.3 is 9.72 Å². The molecule has 0 saturated carbocycles. The topological polar surface area (TPSA) is 64.2 Å². The third-order valence-electron chi connectivity index (χ3n) is 3.18. The van der Waals surface area contributed by atoms with E-state index in [1.54, 1.807) is 29.3 Å². The number of aryl methyl sites for hydroxylation is 1. The van der Waals surface area contributed by atoms with Gasteiger partial charge in [-0.15, -0.1) is 16.4 Å². The fourth-order valence-electron chi connectivity index (χ4n) is 2.06. The number of hydrogen-bond donors (Lipinski definition) is 1. The van der Waals surface area contributed by atoms with Crippen molar-refractivity contribution in [1.82, 2.24) is 24.7 Å². The Labute approximate surface area is 120 Å². The van der Waals surface area contributed by atoms with Gasteiger partial charge in [0.1, 0.15) is 10.5 Å². The molecule has 3 rings (SSSR count). The molecular weight excluding hydrogens is 274 g/mol. The summed E-state index contributed by atoms with van der Waals surface area (Å²) < 4.78 is 3.56. The minimum Gasteiger partial charge on any atom is -0.341 e. The predicted molar refractivity (Wildman–Crippen MR) is 76.8 cm³/mol. The fourth-order valence-corrected chi connectivity index (χ4v) is 2.91. The van der Waals surface area contributed by atoms with Crippen molar-refractivity contribution in [2.24, 2.45) is 7.05 Å². The van der Waals surface area contributed by atoms with E-state index >= 15 is 0 Å². The zero-order chi connectivity index (χ0) is 14.3. The number of nitrogens with zero attached hydrogens (tertiary/aromatic N) is 4. The van der Waals surface area contributed by atoms with Crippen LogP contribution in [0.3, 0.4) is 0 Å². The molecule has 1 amide bonds. The lowest BCUT2D eigenvalue weighted by Gasteiger charge is -2.23. The molecule has 0 aliphatic heterocycles. The van der Waals surface area contributed by atoms with Crippen LogP contribution in [-0.2, 0) is 12.6 Å². The van der Waals surface area contributed by atoms with E-state index in [1.165, 1.54) is 0 Å². The van der Waals surface area contributed by atoms with Crippen LogP contribution in [0.15, 0.2) is 30.0 Å². The molecule has 0 aliphatic rings. The van der Waals surface area contributed by atoms with Gasteiger partial charge in [-0.2, -0.15) is 0 Å². The van der Waals surface area contributed by atoms with Crippen LogP contribution in [0.2, 0.25) is 0 Å². The SMILES string of the molecule is Cn1cc(C(C)(C)NC(=O)c2ccn3ccsc23)nn1. The first-order valence-electron chi connectivity index (χ1n) is 6.21. The zero-order valence-electron chi connectivity index (χ0n) is 11.5. The first-order chi connectivity index (χ1) is 9.47. The Hall–Kier alpha value is -2.15. The minimum absolute atomic E-state index is 0.106. The standard InChI is InChI=1S/C13H15N5OS/c1-13(2,10-8-17(3)16-15-10)14-11(19)9-4-5-18-6-7-20-12(9)18/h4-8H,1-3H3,(H,14,19). The number of nitrogens with one attached hydrogen (secondary N) is 1.